The zero-order chi connectivity index (χ0) is 17.5. The summed E-state index contributed by atoms with van der Waals surface area (Å²) in [6, 6.07) is 10.9. The third kappa shape index (κ3) is 5.81. The van der Waals surface area contributed by atoms with E-state index in [1.807, 2.05) is 4.90 Å². The molecule has 2 rings (SSSR count). The van der Waals surface area contributed by atoms with Crippen LogP contribution in [0, 0.1) is 5.82 Å². The second-order valence-corrected chi connectivity index (χ2v) is 6.11. The lowest BCUT2D eigenvalue weighted by atomic mass is 10.1. The molecule has 3 nitrogen and oxygen atoms in total. The highest BCUT2D eigenvalue weighted by atomic mass is 79.9. The van der Waals surface area contributed by atoms with E-state index in [1.165, 1.54) is 18.2 Å². The van der Waals surface area contributed by atoms with Gasteiger partial charge in [-0.15, -0.1) is 0 Å². The number of hydrogen-bond donors (Lipinski definition) is 1. The molecule has 0 fully saturated rings. The maximum absolute atomic E-state index is 13.9. The van der Waals surface area contributed by atoms with Gasteiger partial charge in [-0.05, 0) is 35.9 Å². The highest BCUT2D eigenvalue weighted by molar-refractivity contribution is 9.10. The molecule has 0 aliphatic carbocycles. The molecule has 0 saturated heterocycles. The minimum Gasteiger partial charge on any atom is -0.435 e. The summed E-state index contributed by atoms with van der Waals surface area (Å²) in [7, 11) is 0. The molecule has 1 N–H and O–H groups in total. The van der Waals surface area contributed by atoms with Gasteiger partial charge in [-0.25, -0.2) is 4.39 Å². The lowest BCUT2D eigenvalue weighted by Gasteiger charge is -2.22. The van der Waals surface area contributed by atoms with Gasteiger partial charge in [0.05, 0.1) is 6.61 Å². The number of alkyl halides is 2. The summed E-state index contributed by atoms with van der Waals surface area (Å²) in [4.78, 5) is 1.87. The molecular formula is C17H17BrF3NO2. The molecule has 0 bridgehead atoms. The highest BCUT2D eigenvalue weighted by Gasteiger charge is 2.11. The lowest BCUT2D eigenvalue weighted by molar-refractivity contribution is -0.0498. The molecule has 130 valence electrons. The maximum Gasteiger partial charge on any atom is 0.387 e. The van der Waals surface area contributed by atoms with Gasteiger partial charge in [0.15, 0.2) is 0 Å². The molecule has 2 aromatic rings. The van der Waals surface area contributed by atoms with E-state index in [9.17, 15) is 18.3 Å². The van der Waals surface area contributed by atoms with E-state index in [-0.39, 0.29) is 18.2 Å². The van der Waals surface area contributed by atoms with Crippen molar-refractivity contribution < 1.29 is 23.0 Å². The summed E-state index contributed by atoms with van der Waals surface area (Å²) >= 11 is 3.31. The molecule has 0 amide bonds. The van der Waals surface area contributed by atoms with Crippen LogP contribution in [0.25, 0.3) is 0 Å². The first-order chi connectivity index (χ1) is 11.5. The van der Waals surface area contributed by atoms with Crippen molar-refractivity contribution in [2.24, 2.45) is 0 Å². The number of benzene rings is 2. The van der Waals surface area contributed by atoms with Crippen molar-refractivity contribution in [3.63, 3.8) is 0 Å². The van der Waals surface area contributed by atoms with E-state index in [0.29, 0.717) is 25.2 Å². The molecule has 2 aromatic carbocycles. The summed E-state index contributed by atoms with van der Waals surface area (Å²) in [5.41, 5.74) is 1.36. The monoisotopic (exact) mass is 403 g/mol. The van der Waals surface area contributed by atoms with Crippen LogP contribution in [0.4, 0.5) is 13.2 Å². The van der Waals surface area contributed by atoms with E-state index in [4.69, 9.17) is 0 Å². The molecule has 0 aliphatic heterocycles. The number of aliphatic hydroxyl groups is 1. The molecule has 7 heteroatoms. The SMILES string of the molecule is OCCN(Cc1ccc(OC(F)F)cc1)Cc1cc(Br)ccc1F. The molecule has 0 unspecified atom stereocenters. The average Bonchev–Trinajstić information content (AvgIpc) is 2.52. The normalized spacial score (nSPS) is 11.3. The van der Waals surface area contributed by atoms with Crippen LogP contribution in [0.1, 0.15) is 11.1 Å². The molecule has 24 heavy (non-hydrogen) atoms. The number of nitrogens with zero attached hydrogens (tertiary/aromatic N) is 1. The van der Waals surface area contributed by atoms with E-state index < -0.39 is 6.61 Å². The predicted octanol–water partition coefficient (Wildman–Crippen LogP) is 4.18. The van der Waals surface area contributed by atoms with Gasteiger partial charge in [0.25, 0.3) is 0 Å². The van der Waals surface area contributed by atoms with Gasteiger partial charge in [0.1, 0.15) is 11.6 Å². The van der Waals surface area contributed by atoms with Crippen LogP contribution in [0.3, 0.4) is 0 Å². The van der Waals surface area contributed by atoms with Gasteiger partial charge in [-0.2, -0.15) is 8.78 Å². The summed E-state index contributed by atoms with van der Waals surface area (Å²) in [6.07, 6.45) is 0. The lowest BCUT2D eigenvalue weighted by Crippen LogP contribution is -2.26. The topological polar surface area (TPSA) is 32.7 Å². The summed E-state index contributed by atoms with van der Waals surface area (Å²) < 4.78 is 43.3. The van der Waals surface area contributed by atoms with Crippen LogP contribution in [-0.4, -0.2) is 29.8 Å². The fraction of sp³-hybridized carbons (Fsp3) is 0.294. The summed E-state index contributed by atoms with van der Waals surface area (Å²) in [5, 5.41) is 9.21. The van der Waals surface area contributed by atoms with Crippen molar-refractivity contribution in [2.45, 2.75) is 19.7 Å². The average molecular weight is 404 g/mol. The third-order valence-electron chi connectivity index (χ3n) is 3.37. The van der Waals surface area contributed by atoms with Crippen LogP contribution in [0.5, 0.6) is 5.75 Å². The zero-order valence-electron chi connectivity index (χ0n) is 12.8. The van der Waals surface area contributed by atoms with Gasteiger partial charge >= 0.3 is 6.61 Å². The Labute approximate surface area is 146 Å². The molecular weight excluding hydrogens is 387 g/mol. The first-order valence-corrected chi connectivity index (χ1v) is 8.08. The standard InChI is InChI=1S/C17H17BrF3NO2/c18-14-3-6-16(19)13(9-14)11-22(7-8-23)10-12-1-4-15(5-2-12)24-17(20)21/h1-6,9,17,23H,7-8,10-11H2. The first-order valence-electron chi connectivity index (χ1n) is 7.29. The van der Waals surface area contributed by atoms with Crippen molar-refractivity contribution in [3.05, 3.63) is 63.9 Å². The van der Waals surface area contributed by atoms with E-state index in [1.54, 1.807) is 24.3 Å². The largest absolute Gasteiger partial charge is 0.435 e. The van der Waals surface area contributed by atoms with Crippen LogP contribution in [0.15, 0.2) is 46.9 Å². The Balaban J connectivity index is 2.06. The fourth-order valence-electron chi connectivity index (χ4n) is 2.30. The maximum atomic E-state index is 13.9. The van der Waals surface area contributed by atoms with Crippen molar-refractivity contribution in [3.8, 4) is 5.75 Å². The number of hydrogen-bond acceptors (Lipinski definition) is 3. The Hall–Kier alpha value is -1.57. The van der Waals surface area contributed by atoms with Crippen LogP contribution < -0.4 is 4.74 Å². The van der Waals surface area contributed by atoms with Crippen LogP contribution in [0.2, 0.25) is 0 Å². The number of halogens is 4. The molecule has 0 radical (unpaired) electrons. The second kappa shape index (κ2) is 9.05. The summed E-state index contributed by atoms with van der Waals surface area (Å²) in [5.74, 6) is -0.234. The Morgan fingerprint density at radius 3 is 2.42 bits per heavy atom. The smallest absolute Gasteiger partial charge is 0.387 e. The Morgan fingerprint density at radius 2 is 1.79 bits per heavy atom. The van der Waals surface area contributed by atoms with Gasteiger partial charge in [0, 0.05) is 29.7 Å². The molecule has 0 aliphatic rings. The van der Waals surface area contributed by atoms with Gasteiger partial charge < -0.3 is 9.84 Å². The van der Waals surface area contributed by atoms with Gasteiger partial charge in [-0.3, -0.25) is 4.90 Å². The second-order valence-electron chi connectivity index (χ2n) is 5.19. The van der Waals surface area contributed by atoms with Crippen molar-refractivity contribution >= 4 is 15.9 Å². The third-order valence-corrected chi connectivity index (χ3v) is 3.87. The number of aliphatic hydroxyl groups excluding tert-OH is 1. The predicted molar refractivity (Wildman–Crippen MR) is 88.4 cm³/mol. The Kier molecular flexibility index (Phi) is 7.08. The molecule has 0 aromatic heterocycles. The molecule has 0 heterocycles. The molecule has 0 atom stereocenters. The number of ether oxygens (including phenoxy) is 1. The quantitative estimate of drug-likeness (QED) is 0.717. The summed E-state index contributed by atoms with van der Waals surface area (Å²) in [6.45, 7) is -1.80. The Morgan fingerprint density at radius 1 is 1.08 bits per heavy atom. The first kappa shape index (κ1) is 18.8. The highest BCUT2D eigenvalue weighted by Crippen LogP contribution is 2.20. The van der Waals surface area contributed by atoms with Crippen molar-refractivity contribution in [1.82, 2.24) is 4.90 Å². The van der Waals surface area contributed by atoms with Crippen LogP contribution in [-0.2, 0) is 13.1 Å². The van der Waals surface area contributed by atoms with E-state index in [0.717, 1.165) is 10.0 Å². The fourth-order valence-corrected chi connectivity index (χ4v) is 2.70. The molecule has 0 spiro atoms. The van der Waals surface area contributed by atoms with Crippen LogP contribution >= 0.6 is 15.9 Å². The van der Waals surface area contributed by atoms with Gasteiger partial charge in [0.2, 0.25) is 0 Å². The number of rotatable bonds is 8. The molecule has 0 saturated carbocycles. The van der Waals surface area contributed by atoms with Gasteiger partial charge in [-0.1, -0.05) is 28.1 Å². The zero-order valence-corrected chi connectivity index (χ0v) is 14.3. The van der Waals surface area contributed by atoms with E-state index >= 15 is 0 Å². The minimum atomic E-state index is -2.86. The Bertz CT molecular complexity index is 653. The van der Waals surface area contributed by atoms with Crippen molar-refractivity contribution in [1.29, 1.82) is 0 Å². The van der Waals surface area contributed by atoms with Crippen molar-refractivity contribution in [2.75, 3.05) is 13.2 Å². The minimum absolute atomic E-state index is 0.0673. The van der Waals surface area contributed by atoms with E-state index in [2.05, 4.69) is 20.7 Å².